The highest BCUT2D eigenvalue weighted by molar-refractivity contribution is 6.01. The summed E-state index contributed by atoms with van der Waals surface area (Å²) >= 11 is 0. The summed E-state index contributed by atoms with van der Waals surface area (Å²) in [5.41, 5.74) is 19.9. The molecule has 6 aromatic carbocycles. The van der Waals surface area contributed by atoms with E-state index in [1.165, 1.54) is 0 Å². The maximum atomic E-state index is 14.9. The Morgan fingerprint density at radius 1 is 0.754 bits per heavy atom. The molecule has 7 rings (SSSR count). The van der Waals surface area contributed by atoms with Crippen LogP contribution < -0.4 is 25.1 Å². The molecule has 0 spiro atoms. The van der Waals surface area contributed by atoms with E-state index in [-0.39, 0.29) is 25.5 Å². The lowest BCUT2D eigenvalue weighted by Crippen LogP contribution is -2.54. The van der Waals surface area contributed by atoms with Gasteiger partial charge in [0.25, 0.3) is 5.91 Å². The first-order valence-corrected chi connectivity index (χ1v) is 20.3. The quantitative estimate of drug-likeness (QED) is 0.0215. The molecule has 0 aliphatic carbocycles. The van der Waals surface area contributed by atoms with Crippen LogP contribution in [0.3, 0.4) is 0 Å². The highest BCUT2D eigenvalue weighted by Crippen LogP contribution is 2.44. The zero-order valence-corrected chi connectivity index (χ0v) is 33.7. The second-order valence-corrected chi connectivity index (χ2v) is 14.5. The maximum Gasteiger partial charge on any atom is 0.266 e. The fraction of sp³-hybridized carbons (Fsp3) is 0.224. The molecule has 0 bridgehead atoms. The third-order valence-corrected chi connectivity index (χ3v) is 10.2. The van der Waals surface area contributed by atoms with Crippen LogP contribution in [0.2, 0.25) is 0 Å². The Morgan fingerprint density at radius 3 is 2.07 bits per heavy atom. The summed E-state index contributed by atoms with van der Waals surface area (Å²) in [5.74, 6) is 1.79. The van der Waals surface area contributed by atoms with Gasteiger partial charge in [0, 0.05) is 36.5 Å². The van der Waals surface area contributed by atoms with Crippen molar-refractivity contribution >= 4 is 11.8 Å². The summed E-state index contributed by atoms with van der Waals surface area (Å²) < 4.78 is 25.0. The standard InChI is InChI=1S/C49H48N6O6/c50-55-52-33-41-19-10-11-20-43(41)46-49(32-37-13-4-1-5-14-37,53-47(61-46)40-22-24-42(25-23-40)58-30-12-29-56)48(57)54-51-28-27-36-21-26-44(59-34-38-15-6-2-7-16-38)45(31-36)60-35-39-17-8-3-9-18-39/h1-11,13-26,31,46,51,56H,12,27-30,32-35H2,(H,54,57)/t46-,49-/m0/s1. The molecule has 61 heavy (non-hydrogen) atoms. The molecule has 1 aliphatic heterocycles. The van der Waals surface area contributed by atoms with Gasteiger partial charge >= 0.3 is 0 Å². The van der Waals surface area contributed by atoms with Gasteiger partial charge in [0.2, 0.25) is 5.90 Å². The summed E-state index contributed by atoms with van der Waals surface area (Å²) in [5, 5.41) is 13.0. The number of amides is 1. The zero-order chi connectivity index (χ0) is 42.1. The lowest BCUT2D eigenvalue weighted by Gasteiger charge is -2.31. The van der Waals surface area contributed by atoms with Crippen LogP contribution in [0.1, 0.15) is 51.5 Å². The molecule has 0 saturated carbocycles. The average Bonchev–Trinajstić information content (AvgIpc) is 3.69. The highest BCUT2D eigenvalue weighted by atomic mass is 16.5. The maximum absolute atomic E-state index is 14.9. The van der Waals surface area contributed by atoms with Crippen LogP contribution in [0, 0.1) is 0 Å². The van der Waals surface area contributed by atoms with Gasteiger partial charge in [-0.2, -0.15) is 0 Å². The monoisotopic (exact) mass is 816 g/mol. The molecular weight excluding hydrogens is 769 g/mol. The van der Waals surface area contributed by atoms with Crippen LogP contribution >= 0.6 is 0 Å². The van der Waals surface area contributed by atoms with E-state index in [0.29, 0.717) is 73.1 Å². The van der Waals surface area contributed by atoms with Gasteiger partial charge in [-0.25, -0.2) is 10.4 Å². The number of aliphatic hydroxyl groups excluding tert-OH is 1. The zero-order valence-electron chi connectivity index (χ0n) is 33.7. The number of nitrogens with one attached hydrogen (secondary N) is 2. The van der Waals surface area contributed by atoms with Crippen LogP contribution in [-0.4, -0.2) is 42.2 Å². The molecule has 0 unspecified atom stereocenters. The molecule has 0 saturated heterocycles. The second kappa shape index (κ2) is 21.2. The minimum atomic E-state index is -1.48. The van der Waals surface area contributed by atoms with Gasteiger partial charge in [0.05, 0.1) is 13.2 Å². The van der Waals surface area contributed by atoms with Gasteiger partial charge in [-0.05, 0) is 81.7 Å². The minimum absolute atomic E-state index is 0.0366. The van der Waals surface area contributed by atoms with Crippen LogP contribution in [-0.2, 0) is 42.1 Å². The van der Waals surface area contributed by atoms with Gasteiger partial charge in [0.1, 0.15) is 19.0 Å². The van der Waals surface area contributed by atoms with E-state index in [1.54, 1.807) is 0 Å². The van der Waals surface area contributed by atoms with Crippen molar-refractivity contribution in [3.05, 3.63) is 207 Å². The molecule has 2 atom stereocenters. The molecule has 0 aromatic heterocycles. The van der Waals surface area contributed by atoms with Crippen molar-refractivity contribution in [3.8, 4) is 17.2 Å². The molecule has 3 N–H and O–H groups in total. The van der Waals surface area contributed by atoms with Gasteiger partial charge in [-0.3, -0.25) is 10.2 Å². The first-order valence-electron chi connectivity index (χ1n) is 20.3. The number of nitrogens with zero attached hydrogens (tertiary/aromatic N) is 4. The minimum Gasteiger partial charge on any atom is -0.494 e. The molecule has 0 fully saturated rings. The molecule has 1 amide bonds. The fourth-order valence-corrected chi connectivity index (χ4v) is 7.08. The van der Waals surface area contributed by atoms with Crippen molar-refractivity contribution in [1.82, 2.24) is 10.9 Å². The van der Waals surface area contributed by atoms with E-state index < -0.39 is 17.6 Å². The molecule has 0 radical (unpaired) electrons. The number of aliphatic imine (C=N–C) groups is 1. The number of benzene rings is 6. The number of hydrogen-bond acceptors (Lipinski definition) is 9. The van der Waals surface area contributed by atoms with Crippen molar-refractivity contribution < 1.29 is 28.8 Å². The Bertz CT molecular complexity index is 2410. The van der Waals surface area contributed by atoms with Crippen molar-refractivity contribution in [2.75, 3.05) is 19.8 Å². The predicted octanol–water partition coefficient (Wildman–Crippen LogP) is 8.78. The summed E-state index contributed by atoms with van der Waals surface area (Å²) in [6.45, 7) is 1.65. The number of aliphatic hydroxyl groups is 1. The fourth-order valence-electron chi connectivity index (χ4n) is 7.08. The molecule has 310 valence electrons. The van der Waals surface area contributed by atoms with Crippen molar-refractivity contribution in [1.29, 1.82) is 0 Å². The lowest BCUT2D eigenvalue weighted by molar-refractivity contribution is -0.130. The highest BCUT2D eigenvalue weighted by Gasteiger charge is 2.54. The molecule has 6 aromatic rings. The van der Waals surface area contributed by atoms with Crippen molar-refractivity contribution in [2.45, 2.75) is 50.7 Å². The lowest BCUT2D eigenvalue weighted by atomic mass is 9.81. The van der Waals surface area contributed by atoms with Crippen LogP contribution in [0.5, 0.6) is 17.2 Å². The van der Waals surface area contributed by atoms with Crippen LogP contribution in [0.15, 0.2) is 168 Å². The van der Waals surface area contributed by atoms with Gasteiger partial charge in [-0.1, -0.05) is 126 Å². The Labute approximate surface area is 355 Å². The molecular formula is C49H48N6O6. The molecule has 12 heteroatoms. The number of rotatable bonds is 21. The second-order valence-electron chi connectivity index (χ2n) is 14.5. The molecule has 1 heterocycles. The van der Waals surface area contributed by atoms with Crippen molar-refractivity contribution in [2.24, 2.45) is 10.1 Å². The number of hydrogen-bond donors (Lipinski definition) is 3. The van der Waals surface area contributed by atoms with Gasteiger partial charge in [-0.15, -0.1) is 0 Å². The Kier molecular flexibility index (Phi) is 14.6. The third kappa shape index (κ3) is 11.1. The largest absolute Gasteiger partial charge is 0.494 e. The number of ether oxygens (including phenoxy) is 4. The predicted molar refractivity (Wildman–Crippen MR) is 234 cm³/mol. The number of carbonyl (C=O) groups is 1. The van der Waals surface area contributed by atoms with E-state index in [1.807, 2.05) is 158 Å². The number of hydrazine groups is 1. The van der Waals surface area contributed by atoms with Crippen LogP contribution in [0.4, 0.5) is 0 Å². The summed E-state index contributed by atoms with van der Waals surface area (Å²) in [4.78, 5) is 23.0. The Hall–Kier alpha value is -7.11. The summed E-state index contributed by atoms with van der Waals surface area (Å²) in [7, 11) is 0. The third-order valence-electron chi connectivity index (χ3n) is 10.2. The van der Waals surface area contributed by atoms with E-state index in [4.69, 9.17) is 23.9 Å². The van der Waals surface area contributed by atoms with E-state index in [9.17, 15) is 15.4 Å². The van der Waals surface area contributed by atoms with E-state index in [2.05, 4.69) is 20.9 Å². The smallest absolute Gasteiger partial charge is 0.266 e. The normalized spacial score (nSPS) is 15.5. The van der Waals surface area contributed by atoms with Gasteiger partial charge < -0.3 is 24.1 Å². The molecule has 1 aliphatic rings. The summed E-state index contributed by atoms with van der Waals surface area (Å²) in [6.07, 6.45) is 0.395. The number of carbonyl (C=O) groups excluding carboxylic acids is 1. The molecule has 12 nitrogen and oxygen atoms in total. The topological polar surface area (TPSA) is 159 Å². The van der Waals surface area contributed by atoms with Crippen LogP contribution in [0.25, 0.3) is 10.4 Å². The van der Waals surface area contributed by atoms with E-state index in [0.717, 1.165) is 22.3 Å². The Balaban J connectivity index is 1.13. The van der Waals surface area contributed by atoms with Crippen molar-refractivity contribution in [3.63, 3.8) is 0 Å². The Morgan fingerprint density at radius 2 is 1.39 bits per heavy atom. The SMILES string of the molecule is [N-]=[N+]=NCc1ccccc1[C@@H]1OC(c2ccc(OCCCO)cc2)=N[C@]1(Cc1ccccc1)C(=O)NNCCc1ccc(OCc2ccccc2)c(OCc2ccccc2)c1. The average molecular weight is 817 g/mol. The first kappa shape index (κ1) is 42.0. The summed E-state index contributed by atoms with van der Waals surface area (Å²) in [6, 6.07) is 50.3. The van der Waals surface area contributed by atoms with Gasteiger partial charge in [0.15, 0.2) is 23.1 Å². The van der Waals surface area contributed by atoms with E-state index >= 15 is 0 Å². The number of azide groups is 1. The first-order chi connectivity index (χ1) is 30.0.